The van der Waals surface area contributed by atoms with Crippen molar-refractivity contribution in [1.82, 2.24) is 0 Å². The van der Waals surface area contributed by atoms with Crippen LogP contribution in [0.5, 0.6) is 0 Å². The summed E-state index contributed by atoms with van der Waals surface area (Å²) in [6.07, 6.45) is 3.94. The molecule has 126 valence electrons. The van der Waals surface area contributed by atoms with Gasteiger partial charge in [-0.25, -0.2) is 0 Å². The van der Waals surface area contributed by atoms with Gasteiger partial charge in [-0.3, -0.25) is 0 Å². The fourth-order valence-corrected chi connectivity index (χ4v) is 3.25. The number of allylic oxidation sites excluding steroid dienone is 1. The molecule has 0 atom stereocenters. The van der Waals surface area contributed by atoms with Gasteiger partial charge in [-0.05, 0) is 62.1 Å². The Labute approximate surface area is 151 Å². The summed E-state index contributed by atoms with van der Waals surface area (Å²) in [6, 6.07) is 26.3. The van der Waals surface area contributed by atoms with Crippen molar-refractivity contribution in [3.05, 3.63) is 102 Å². The monoisotopic (exact) mass is 327 g/mol. The van der Waals surface area contributed by atoms with E-state index in [9.17, 15) is 0 Å². The zero-order valence-corrected chi connectivity index (χ0v) is 15.1. The fourth-order valence-electron chi connectivity index (χ4n) is 3.25. The summed E-state index contributed by atoms with van der Waals surface area (Å²) in [5, 5.41) is 0. The van der Waals surface area contributed by atoms with Crippen LogP contribution in [-0.2, 0) is 12.8 Å². The number of para-hydroxylation sites is 2. The Morgan fingerprint density at radius 3 is 1.68 bits per heavy atom. The van der Waals surface area contributed by atoms with E-state index >= 15 is 0 Å². The Balaban J connectivity index is 0.000000569. The van der Waals surface area contributed by atoms with Crippen LogP contribution in [0.1, 0.15) is 23.6 Å². The maximum absolute atomic E-state index is 3.36. The van der Waals surface area contributed by atoms with E-state index in [4.69, 9.17) is 0 Å². The average molecular weight is 327 g/mol. The predicted octanol–water partition coefficient (Wildman–Crippen LogP) is 6.76. The number of aryl methyl sites for hydroxylation is 3. The number of hydrogen-bond donors (Lipinski definition) is 0. The largest absolute Gasteiger partial charge is 0.310 e. The molecule has 25 heavy (non-hydrogen) atoms. The Bertz CT molecular complexity index is 798. The van der Waals surface area contributed by atoms with Crippen LogP contribution >= 0.6 is 0 Å². The van der Waals surface area contributed by atoms with E-state index in [1.54, 1.807) is 6.08 Å². The van der Waals surface area contributed by atoms with Crippen molar-refractivity contribution < 1.29 is 0 Å². The highest BCUT2D eigenvalue weighted by Crippen LogP contribution is 2.41. The van der Waals surface area contributed by atoms with Crippen LogP contribution < -0.4 is 4.90 Å². The van der Waals surface area contributed by atoms with Gasteiger partial charge in [0.05, 0.1) is 0 Å². The average Bonchev–Trinajstić information content (AvgIpc) is 2.80. The van der Waals surface area contributed by atoms with Crippen molar-refractivity contribution in [3.63, 3.8) is 0 Å². The van der Waals surface area contributed by atoms with Gasteiger partial charge in [-0.15, -0.1) is 6.58 Å². The maximum Gasteiger partial charge on any atom is 0.0493 e. The molecule has 0 N–H and O–H groups in total. The Morgan fingerprint density at radius 1 is 0.760 bits per heavy atom. The summed E-state index contributed by atoms with van der Waals surface area (Å²) in [6.45, 7) is 7.38. The minimum absolute atomic E-state index is 1.09. The molecule has 0 spiro atoms. The van der Waals surface area contributed by atoms with Crippen molar-refractivity contribution in [1.29, 1.82) is 0 Å². The third kappa shape index (κ3) is 3.66. The summed E-state index contributed by atoms with van der Waals surface area (Å²) >= 11 is 0. The molecule has 0 aliphatic carbocycles. The number of rotatable bonds is 1. The lowest BCUT2D eigenvalue weighted by Gasteiger charge is -2.27. The van der Waals surface area contributed by atoms with Gasteiger partial charge >= 0.3 is 0 Å². The second kappa shape index (κ2) is 7.85. The minimum atomic E-state index is 1.09. The Morgan fingerprint density at radius 2 is 1.20 bits per heavy atom. The molecule has 0 bridgehead atoms. The van der Waals surface area contributed by atoms with Gasteiger partial charge in [0.15, 0.2) is 0 Å². The molecule has 1 nitrogen and oxygen atoms in total. The van der Waals surface area contributed by atoms with Crippen molar-refractivity contribution in [3.8, 4) is 0 Å². The molecule has 1 heteroatoms. The SMILES string of the molecule is C=CC.Cc1ccc(N2c3ccccc3CCc3ccccc32)cc1. The first-order chi connectivity index (χ1) is 12.2. The quantitative estimate of drug-likeness (QED) is 0.446. The molecule has 0 saturated heterocycles. The van der Waals surface area contributed by atoms with Crippen molar-refractivity contribution in [2.45, 2.75) is 26.7 Å². The molecule has 1 aliphatic heterocycles. The minimum Gasteiger partial charge on any atom is -0.310 e. The van der Waals surface area contributed by atoms with Crippen molar-refractivity contribution in [2.75, 3.05) is 4.90 Å². The third-order valence-electron chi connectivity index (χ3n) is 4.42. The van der Waals surface area contributed by atoms with Crippen LogP contribution in [0.2, 0.25) is 0 Å². The highest BCUT2D eigenvalue weighted by atomic mass is 15.1. The number of hydrogen-bond acceptors (Lipinski definition) is 1. The number of benzene rings is 3. The molecule has 1 heterocycles. The van der Waals surface area contributed by atoms with E-state index in [0.717, 1.165) is 12.8 Å². The van der Waals surface area contributed by atoms with Gasteiger partial charge in [0.2, 0.25) is 0 Å². The molecular formula is C24H25N. The van der Waals surface area contributed by atoms with Gasteiger partial charge in [-0.1, -0.05) is 60.2 Å². The van der Waals surface area contributed by atoms with E-state index in [0.29, 0.717) is 0 Å². The first-order valence-electron chi connectivity index (χ1n) is 8.84. The first kappa shape index (κ1) is 17.0. The summed E-state index contributed by atoms with van der Waals surface area (Å²) in [4.78, 5) is 2.40. The maximum atomic E-state index is 3.36. The van der Waals surface area contributed by atoms with E-state index in [1.807, 2.05) is 6.92 Å². The predicted molar refractivity (Wildman–Crippen MR) is 109 cm³/mol. The van der Waals surface area contributed by atoms with Gasteiger partial charge < -0.3 is 4.90 Å². The third-order valence-corrected chi connectivity index (χ3v) is 4.42. The lowest BCUT2D eigenvalue weighted by atomic mass is 10.0. The molecule has 0 saturated carbocycles. The lowest BCUT2D eigenvalue weighted by Crippen LogP contribution is -2.11. The zero-order valence-electron chi connectivity index (χ0n) is 15.1. The number of nitrogens with zero attached hydrogens (tertiary/aromatic N) is 1. The highest BCUT2D eigenvalue weighted by molar-refractivity contribution is 5.81. The Hall–Kier alpha value is -2.80. The molecule has 0 radical (unpaired) electrons. The topological polar surface area (TPSA) is 3.24 Å². The normalized spacial score (nSPS) is 12.2. The summed E-state index contributed by atoms with van der Waals surface area (Å²) in [5.41, 5.74) is 7.96. The van der Waals surface area contributed by atoms with Crippen LogP contribution in [0.15, 0.2) is 85.5 Å². The van der Waals surface area contributed by atoms with E-state index < -0.39 is 0 Å². The van der Waals surface area contributed by atoms with Crippen LogP contribution in [-0.4, -0.2) is 0 Å². The van der Waals surface area contributed by atoms with Crippen molar-refractivity contribution in [2.24, 2.45) is 0 Å². The standard InChI is InChI=1S/C21H19N.C3H6/c1-16-10-14-19(15-11-16)22-20-8-4-2-6-17(20)12-13-18-7-3-5-9-21(18)22;1-3-2/h2-11,14-15H,12-13H2,1H3;3H,1H2,2H3. The lowest BCUT2D eigenvalue weighted by molar-refractivity contribution is 0.977. The van der Waals surface area contributed by atoms with E-state index in [2.05, 4.69) is 91.2 Å². The molecule has 1 aliphatic rings. The molecule has 0 amide bonds. The van der Waals surface area contributed by atoms with Crippen LogP contribution in [0, 0.1) is 6.92 Å². The van der Waals surface area contributed by atoms with Gasteiger partial charge in [0, 0.05) is 17.1 Å². The van der Waals surface area contributed by atoms with E-state index in [-0.39, 0.29) is 0 Å². The van der Waals surface area contributed by atoms with Crippen molar-refractivity contribution >= 4 is 17.1 Å². The number of fused-ring (bicyclic) bond motifs is 2. The van der Waals surface area contributed by atoms with Gasteiger partial charge in [0.25, 0.3) is 0 Å². The molecule has 4 rings (SSSR count). The van der Waals surface area contributed by atoms with Crippen LogP contribution in [0.4, 0.5) is 17.1 Å². The fraction of sp³-hybridized carbons (Fsp3) is 0.167. The Kier molecular flexibility index (Phi) is 5.35. The smallest absolute Gasteiger partial charge is 0.0493 e. The molecule has 0 unspecified atom stereocenters. The molecule has 3 aromatic carbocycles. The number of anilines is 3. The molecule has 3 aromatic rings. The second-order valence-electron chi connectivity index (χ2n) is 6.34. The second-order valence-corrected chi connectivity index (χ2v) is 6.34. The zero-order chi connectivity index (χ0) is 17.6. The molecule has 0 aromatic heterocycles. The van der Waals surface area contributed by atoms with Crippen LogP contribution in [0.3, 0.4) is 0 Å². The summed E-state index contributed by atoms with van der Waals surface area (Å²) in [5.74, 6) is 0. The van der Waals surface area contributed by atoms with E-state index in [1.165, 1.54) is 33.8 Å². The van der Waals surface area contributed by atoms with Gasteiger partial charge in [0.1, 0.15) is 0 Å². The first-order valence-corrected chi connectivity index (χ1v) is 8.84. The highest BCUT2D eigenvalue weighted by Gasteiger charge is 2.21. The molecular weight excluding hydrogens is 302 g/mol. The van der Waals surface area contributed by atoms with Gasteiger partial charge in [-0.2, -0.15) is 0 Å². The van der Waals surface area contributed by atoms with Crippen LogP contribution in [0.25, 0.3) is 0 Å². The summed E-state index contributed by atoms with van der Waals surface area (Å²) < 4.78 is 0. The summed E-state index contributed by atoms with van der Waals surface area (Å²) in [7, 11) is 0. The molecule has 0 fully saturated rings.